The Morgan fingerprint density at radius 2 is 1.48 bits per heavy atom. The number of hydrogen-bond donors (Lipinski definition) is 0. The number of nitrogens with zero attached hydrogens (tertiary/aromatic N) is 5. The van der Waals surface area contributed by atoms with Crippen molar-refractivity contribution < 1.29 is 9.59 Å². The van der Waals surface area contributed by atoms with Gasteiger partial charge in [0.2, 0.25) is 0 Å². The number of piperazine rings is 1. The van der Waals surface area contributed by atoms with E-state index in [-0.39, 0.29) is 11.7 Å². The number of amides is 1. The molecule has 1 aliphatic rings. The van der Waals surface area contributed by atoms with Crippen LogP contribution >= 0.6 is 0 Å². The van der Waals surface area contributed by atoms with Crippen molar-refractivity contribution >= 4 is 17.4 Å². The summed E-state index contributed by atoms with van der Waals surface area (Å²) in [5.41, 5.74) is 4.16. The Bertz CT molecular complexity index is 1020. The maximum absolute atomic E-state index is 12.8. The van der Waals surface area contributed by atoms with Crippen molar-refractivity contribution in [1.29, 1.82) is 0 Å². The van der Waals surface area contributed by atoms with Crippen LogP contribution < -0.4 is 4.90 Å². The van der Waals surface area contributed by atoms with E-state index in [2.05, 4.69) is 15.2 Å². The lowest BCUT2D eigenvalue weighted by Crippen LogP contribution is -2.48. The highest BCUT2D eigenvalue weighted by Crippen LogP contribution is 2.18. The largest absolute Gasteiger partial charge is 0.368 e. The van der Waals surface area contributed by atoms with Crippen LogP contribution in [0.25, 0.3) is 5.69 Å². The zero-order chi connectivity index (χ0) is 20.4. The molecule has 2 heterocycles. The third-order valence-corrected chi connectivity index (χ3v) is 5.22. The van der Waals surface area contributed by atoms with Crippen LogP contribution in [0.4, 0.5) is 5.69 Å². The molecule has 7 nitrogen and oxygen atoms in total. The van der Waals surface area contributed by atoms with Crippen LogP contribution in [-0.4, -0.2) is 57.8 Å². The second kappa shape index (κ2) is 7.87. The Hall–Kier alpha value is -3.48. The van der Waals surface area contributed by atoms with Crippen LogP contribution in [0.3, 0.4) is 0 Å². The quantitative estimate of drug-likeness (QED) is 0.642. The molecule has 29 heavy (non-hydrogen) atoms. The first-order chi connectivity index (χ1) is 14.0. The van der Waals surface area contributed by atoms with Gasteiger partial charge in [0, 0.05) is 37.4 Å². The van der Waals surface area contributed by atoms with Crippen molar-refractivity contribution in [2.45, 2.75) is 13.8 Å². The highest BCUT2D eigenvalue weighted by molar-refractivity contribution is 5.94. The van der Waals surface area contributed by atoms with E-state index in [1.807, 2.05) is 60.4 Å². The molecule has 0 saturated carbocycles. The minimum absolute atomic E-state index is 0.0608. The normalized spacial score (nSPS) is 14.1. The van der Waals surface area contributed by atoms with E-state index in [0.29, 0.717) is 24.3 Å². The number of Topliss-reactive ketones (excluding diaryl/α,β-unsaturated/α-hetero) is 1. The summed E-state index contributed by atoms with van der Waals surface area (Å²) in [6.45, 7) is 6.29. The summed E-state index contributed by atoms with van der Waals surface area (Å²) in [5, 5.41) is 8.17. The minimum Gasteiger partial charge on any atom is -0.368 e. The van der Waals surface area contributed by atoms with Crippen molar-refractivity contribution in [1.82, 2.24) is 19.9 Å². The van der Waals surface area contributed by atoms with Crippen molar-refractivity contribution in [3.8, 4) is 5.69 Å². The first-order valence-electron chi connectivity index (χ1n) is 9.66. The standard InChI is InChI=1S/C22H23N5O2/c1-16-3-7-20(8-4-16)27-15-21(23-24-27)22(29)26-13-11-25(12-14-26)19-9-5-18(6-10-19)17(2)28/h3-10,15H,11-14H2,1-2H3. The summed E-state index contributed by atoms with van der Waals surface area (Å²) in [5.74, 6) is -0.0411. The van der Waals surface area contributed by atoms with Gasteiger partial charge in [0.25, 0.3) is 5.91 Å². The summed E-state index contributed by atoms with van der Waals surface area (Å²) in [7, 11) is 0. The number of benzene rings is 2. The smallest absolute Gasteiger partial charge is 0.276 e. The van der Waals surface area contributed by atoms with Gasteiger partial charge in [-0.1, -0.05) is 22.9 Å². The average molecular weight is 389 g/mol. The second-order valence-corrected chi connectivity index (χ2v) is 7.27. The summed E-state index contributed by atoms with van der Waals surface area (Å²) < 4.78 is 1.62. The van der Waals surface area contributed by atoms with Crippen molar-refractivity contribution in [3.05, 3.63) is 71.5 Å². The number of aromatic nitrogens is 3. The monoisotopic (exact) mass is 389 g/mol. The predicted octanol–water partition coefficient (Wildman–Crippen LogP) is 2.74. The molecule has 0 bridgehead atoms. The molecule has 1 saturated heterocycles. The fourth-order valence-corrected chi connectivity index (χ4v) is 3.42. The van der Waals surface area contributed by atoms with Crippen molar-refractivity contribution in [3.63, 3.8) is 0 Å². The molecular formula is C22H23N5O2. The maximum Gasteiger partial charge on any atom is 0.276 e. The van der Waals surface area contributed by atoms with Crippen LogP contribution in [0.5, 0.6) is 0 Å². The van der Waals surface area contributed by atoms with Gasteiger partial charge >= 0.3 is 0 Å². The van der Waals surface area contributed by atoms with E-state index in [4.69, 9.17) is 0 Å². The van der Waals surface area contributed by atoms with E-state index in [1.165, 1.54) is 5.56 Å². The van der Waals surface area contributed by atoms with Gasteiger partial charge < -0.3 is 9.80 Å². The van der Waals surface area contributed by atoms with E-state index < -0.39 is 0 Å². The molecule has 1 fully saturated rings. The topological polar surface area (TPSA) is 71.3 Å². The number of rotatable bonds is 4. The van der Waals surface area contributed by atoms with Crippen LogP contribution in [0, 0.1) is 6.92 Å². The molecule has 0 unspecified atom stereocenters. The zero-order valence-electron chi connectivity index (χ0n) is 16.6. The second-order valence-electron chi connectivity index (χ2n) is 7.27. The Kier molecular flexibility index (Phi) is 5.12. The number of hydrogen-bond acceptors (Lipinski definition) is 5. The fourth-order valence-electron chi connectivity index (χ4n) is 3.42. The Labute approximate surface area is 169 Å². The van der Waals surface area contributed by atoms with E-state index >= 15 is 0 Å². The number of anilines is 1. The Morgan fingerprint density at radius 1 is 0.862 bits per heavy atom. The third-order valence-electron chi connectivity index (χ3n) is 5.22. The summed E-state index contributed by atoms with van der Waals surface area (Å²) in [6, 6.07) is 15.5. The Balaban J connectivity index is 1.39. The zero-order valence-corrected chi connectivity index (χ0v) is 16.6. The summed E-state index contributed by atoms with van der Waals surface area (Å²) in [4.78, 5) is 28.3. The van der Waals surface area contributed by atoms with Gasteiger partial charge in [-0.2, -0.15) is 0 Å². The lowest BCUT2D eigenvalue weighted by molar-refractivity contribution is 0.0740. The summed E-state index contributed by atoms with van der Waals surface area (Å²) >= 11 is 0. The van der Waals surface area contributed by atoms with Gasteiger partial charge in [0.15, 0.2) is 11.5 Å². The molecule has 0 spiro atoms. The maximum atomic E-state index is 12.8. The van der Waals surface area contributed by atoms with Crippen LogP contribution in [0.2, 0.25) is 0 Å². The van der Waals surface area contributed by atoms with Crippen LogP contribution in [-0.2, 0) is 0 Å². The molecule has 0 radical (unpaired) electrons. The van der Waals surface area contributed by atoms with Gasteiger partial charge in [-0.05, 0) is 50.2 Å². The van der Waals surface area contributed by atoms with Gasteiger partial charge in [-0.25, -0.2) is 4.68 Å². The molecule has 7 heteroatoms. The van der Waals surface area contributed by atoms with Crippen LogP contribution in [0.1, 0.15) is 33.3 Å². The molecule has 4 rings (SSSR count). The van der Waals surface area contributed by atoms with Gasteiger partial charge in [0.05, 0.1) is 11.9 Å². The molecule has 0 aliphatic carbocycles. The number of ketones is 1. The molecule has 3 aromatic rings. The average Bonchev–Trinajstić information content (AvgIpc) is 3.24. The number of carbonyl (C=O) groups excluding carboxylic acids is 2. The predicted molar refractivity (Wildman–Crippen MR) is 111 cm³/mol. The highest BCUT2D eigenvalue weighted by atomic mass is 16.2. The molecular weight excluding hydrogens is 366 g/mol. The first-order valence-corrected chi connectivity index (χ1v) is 9.66. The van der Waals surface area contributed by atoms with Gasteiger partial charge in [-0.3, -0.25) is 9.59 Å². The lowest BCUT2D eigenvalue weighted by Gasteiger charge is -2.35. The molecule has 0 atom stereocenters. The fraction of sp³-hybridized carbons (Fsp3) is 0.273. The molecule has 0 N–H and O–H groups in total. The SMILES string of the molecule is CC(=O)c1ccc(N2CCN(C(=O)c3cn(-c4ccc(C)cc4)nn3)CC2)cc1. The summed E-state index contributed by atoms with van der Waals surface area (Å²) in [6.07, 6.45) is 1.68. The highest BCUT2D eigenvalue weighted by Gasteiger charge is 2.24. The molecule has 148 valence electrons. The lowest BCUT2D eigenvalue weighted by atomic mass is 10.1. The van der Waals surface area contributed by atoms with E-state index in [9.17, 15) is 9.59 Å². The van der Waals surface area contributed by atoms with E-state index in [1.54, 1.807) is 17.8 Å². The molecule has 1 aromatic heterocycles. The molecule has 2 aromatic carbocycles. The van der Waals surface area contributed by atoms with Gasteiger partial charge in [-0.15, -0.1) is 5.10 Å². The van der Waals surface area contributed by atoms with Crippen molar-refractivity contribution in [2.24, 2.45) is 0 Å². The Morgan fingerprint density at radius 3 is 2.10 bits per heavy atom. The number of aryl methyl sites for hydroxylation is 1. The van der Waals surface area contributed by atoms with E-state index in [0.717, 1.165) is 24.5 Å². The minimum atomic E-state index is -0.102. The van der Waals surface area contributed by atoms with Crippen LogP contribution in [0.15, 0.2) is 54.7 Å². The third kappa shape index (κ3) is 4.03. The molecule has 1 aliphatic heterocycles. The van der Waals surface area contributed by atoms with Gasteiger partial charge in [0.1, 0.15) is 0 Å². The van der Waals surface area contributed by atoms with Crippen molar-refractivity contribution in [2.75, 3.05) is 31.1 Å². The first kappa shape index (κ1) is 18.9. The molecule has 1 amide bonds. The number of carbonyl (C=O) groups is 2.